The van der Waals surface area contributed by atoms with Crippen molar-refractivity contribution < 1.29 is 9.84 Å². The lowest BCUT2D eigenvalue weighted by molar-refractivity contribution is -0.164. The molecule has 1 heterocycles. The summed E-state index contributed by atoms with van der Waals surface area (Å²) in [4.78, 5) is 0. The van der Waals surface area contributed by atoms with Gasteiger partial charge < -0.3 is 9.84 Å². The van der Waals surface area contributed by atoms with Gasteiger partial charge in [-0.25, -0.2) is 0 Å². The van der Waals surface area contributed by atoms with E-state index in [1.54, 1.807) is 13.8 Å². The van der Waals surface area contributed by atoms with Crippen LogP contribution in [0.25, 0.3) is 0 Å². The maximum atomic E-state index is 9.95. The molecule has 0 radical (unpaired) electrons. The third-order valence-corrected chi connectivity index (χ3v) is 3.28. The molecular weight excluding hydrogens is 164 g/mol. The summed E-state index contributed by atoms with van der Waals surface area (Å²) in [6.07, 6.45) is 3.62. The van der Waals surface area contributed by atoms with Crippen LogP contribution in [0.4, 0.5) is 0 Å². The van der Waals surface area contributed by atoms with E-state index in [0.717, 1.165) is 12.8 Å². The van der Waals surface area contributed by atoms with Crippen molar-refractivity contribution >= 4 is 0 Å². The van der Waals surface area contributed by atoms with E-state index >= 15 is 0 Å². The molecule has 1 rings (SSSR count). The Morgan fingerprint density at radius 2 is 1.92 bits per heavy atom. The Morgan fingerprint density at radius 1 is 1.38 bits per heavy atom. The van der Waals surface area contributed by atoms with Crippen molar-refractivity contribution in [2.75, 3.05) is 0 Å². The zero-order valence-electron chi connectivity index (χ0n) is 9.05. The molecule has 0 unspecified atom stereocenters. The number of rotatable bonds is 2. The predicted molar refractivity (Wildman–Crippen MR) is 53.6 cm³/mol. The molecule has 1 aliphatic heterocycles. The van der Waals surface area contributed by atoms with Crippen LogP contribution in [0.5, 0.6) is 0 Å². The second-order valence-corrected chi connectivity index (χ2v) is 4.91. The van der Waals surface area contributed by atoms with Gasteiger partial charge in [-0.15, -0.1) is 6.58 Å². The van der Waals surface area contributed by atoms with Gasteiger partial charge in [-0.1, -0.05) is 6.08 Å². The summed E-state index contributed by atoms with van der Waals surface area (Å²) >= 11 is 0. The van der Waals surface area contributed by atoms with Crippen LogP contribution in [0.1, 0.15) is 40.5 Å². The SMILES string of the molecule is C=C[C@@]1(C)CC[C@](C)(C(C)(C)O)O1. The average Bonchev–Trinajstić information content (AvgIpc) is 2.29. The fourth-order valence-corrected chi connectivity index (χ4v) is 1.68. The molecule has 0 saturated carbocycles. The number of aliphatic hydroxyl groups is 1. The lowest BCUT2D eigenvalue weighted by atomic mass is 9.85. The van der Waals surface area contributed by atoms with Gasteiger partial charge in [-0.3, -0.25) is 0 Å². The fraction of sp³-hybridized carbons (Fsp3) is 0.818. The van der Waals surface area contributed by atoms with Crippen LogP contribution in [0.15, 0.2) is 12.7 Å². The Morgan fingerprint density at radius 3 is 2.15 bits per heavy atom. The van der Waals surface area contributed by atoms with E-state index in [0.29, 0.717) is 0 Å². The summed E-state index contributed by atoms with van der Waals surface area (Å²) in [7, 11) is 0. The van der Waals surface area contributed by atoms with E-state index in [1.807, 2.05) is 19.9 Å². The van der Waals surface area contributed by atoms with Gasteiger partial charge in [0.2, 0.25) is 0 Å². The van der Waals surface area contributed by atoms with E-state index in [2.05, 4.69) is 6.58 Å². The maximum Gasteiger partial charge on any atom is 0.0947 e. The zero-order chi connectivity index (χ0) is 10.3. The van der Waals surface area contributed by atoms with Crippen LogP contribution in [0, 0.1) is 0 Å². The first kappa shape index (κ1) is 10.7. The van der Waals surface area contributed by atoms with Crippen molar-refractivity contribution in [2.24, 2.45) is 0 Å². The molecular formula is C11H20O2. The van der Waals surface area contributed by atoms with Crippen molar-refractivity contribution in [3.8, 4) is 0 Å². The van der Waals surface area contributed by atoms with Crippen LogP contribution in [0.2, 0.25) is 0 Å². The average molecular weight is 184 g/mol. The van der Waals surface area contributed by atoms with E-state index in [-0.39, 0.29) is 5.60 Å². The van der Waals surface area contributed by atoms with Crippen LogP contribution in [0.3, 0.4) is 0 Å². The second kappa shape index (κ2) is 2.82. The second-order valence-electron chi connectivity index (χ2n) is 4.91. The van der Waals surface area contributed by atoms with Crippen molar-refractivity contribution in [1.82, 2.24) is 0 Å². The largest absolute Gasteiger partial charge is 0.387 e. The highest BCUT2D eigenvalue weighted by Crippen LogP contribution is 2.43. The molecule has 2 heteroatoms. The van der Waals surface area contributed by atoms with Gasteiger partial charge in [0, 0.05) is 0 Å². The van der Waals surface area contributed by atoms with Crippen LogP contribution >= 0.6 is 0 Å². The molecule has 76 valence electrons. The van der Waals surface area contributed by atoms with Crippen molar-refractivity contribution in [1.29, 1.82) is 0 Å². The van der Waals surface area contributed by atoms with Crippen LogP contribution in [-0.2, 0) is 4.74 Å². The first-order valence-corrected chi connectivity index (χ1v) is 4.79. The van der Waals surface area contributed by atoms with Crippen LogP contribution < -0.4 is 0 Å². The highest BCUT2D eigenvalue weighted by atomic mass is 16.5. The fourth-order valence-electron chi connectivity index (χ4n) is 1.68. The molecule has 1 fully saturated rings. The minimum atomic E-state index is -0.798. The molecule has 1 saturated heterocycles. The first-order chi connectivity index (χ1) is 5.72. The molecule has 0 aromatic carbocycles. The van der Waals surface area contributed by atoms with Crippen molar-refractivity contribution in [3.63, 3.8) is 0 Å². The highest BCUT2D eigenvalue weighted by Gasteiger charge is 2.50. The Labute approximate surface area is 80.6 Å². The summed E-state index contributed by atoms with van der Waals surface area (Å²) < 4.78 is 5.88. The number of hydrogen-bond donors (Lipinski definition) is 1. The summed E-state index contributed by atoms with van der Waals surface area (Å²) in [5.74, 6) is 0. The molecule has 0 bridgehead atoms. The third kappa shape index (κ3) is 1.79. The van der Waals surface area contributed by atoms with Crippen molar-refractivity contribution in [3.05, 3.63) is 12.7 Å². The van der Waals surface area contributed by atoms with Gasteiger partial charge in [0.1, 0.15) is 0 Å². The smallest absolute Gasteiger partial charge is 0.0947 e. The molecule has 0 aliphatic carbocycles. The molecule has 0 amide bonds. The molecule has 13 heavy (non-hydrogen) atoms. The maximum absolute atomic E-state index is 9.95. The summed E-state index contributed by atoms with van der Waals surface area (Å²) in [6.45, 7) is 11.3. The summed E-state index contributed by atoms with van der Waals surface area (Å²) in [5.41, 5.74) is -1.52. The topological polar surface area (TPSA) is 29.5 Å². The van der Waals surface area contributed by atoms with Gasteiger partial charge in [-0.05, 0) is 40.5 Å². The standard InChI is InChI=1S/C11H20O2/c1-6-10(4)7-8-11(5,13-10)9(2,3)12/h6,12H,1,7-8H2,2-5H3/t10-,11+/m0/s1. The molecule has 2 nitrogen and oxygen atoms in total. The summed E-state index contributed by atoms with van der Waals surface area (Å²) in [5, 5.41) is 9.95. The minimum Gasteiger partial charge on any atom is -0.387 e. The monoisotopic (exact) mass is 184 g/mol. The Kier molecular flexibility index (Phi) is 2.33. The predicted octanol–water partition coefficient (Wildman–Crippen LogP) is 2.27. The molecule has 0 spiro atoms. The Balaban J connectivity index is 2.84. The van der Waals surface area contributed by atoms with E-state index in [9.17, 15) is 5.11 Å². The van der Waals surface area contributed by atoms with E-state index in [1.165, 1.54) is 0 Å². The number of hydrogen-bond acceptors (Lipinski definition) is 2. The lowest BCUT2D eigenvalue weighted by Gasteiger charge is -2.38. The van der Waals surface area contributed by atoms with Crippen molar-refractivity contribution in [2.45, 2.75) is 57.3 Å². The van der Waals surface area contributed by atoms with Gasteiger partial charge in [0.25, 0.3) is 0 Å². The zero-order valence-corrected chi connectivity index (χ0v) is 9.05. The molecule has 2 atom stereocenters. The lowest BCUT2D eigenvalue weighted by Crippen LogP contribution is -2.48. The normalized spacial score (nSPS) is 40.7. The van der Waals surface area contributed by atoms with Gasteiger partial charge in [0.15, 0.2) is 0 Å². The molecule has 0 aromatic heterocycles. The Bertz CT molecular complexity index is 217. The first-order valence-electron chi connectivity index (χ1n) is 4.79. The van der Waals surface area contributed by atoms with E-state index < -0.39 is 11.2 Å². The molecule has 1 N–H and O–H groups in total. The quantitative estimate of drug-likeness (QED) is 0.667. The Hall–Kier alpha value is -0.340. The summed E-state index contributed by atoms with van der Waals surface area (Å²) in [6, 6.07) is 0. The highest BCUT2D eigenvalue weighted by molar-refractivity contribution is 5.07. The number of ether oxygens (including phenoxy) is 1. The minimum absolute atomic E-state index is 0.269. The molecule has 0 aromatic rings. The van der Waals surface area contributed by atoms with Gasteiger partial charge in [-0.2, -0.15) is 0 Å². The van der Waals surface area contributed by atoms with Crippen LogP contribution in [-0.4, -0.2) is 21.9 Å². The third-order valence-electron chi connectivity index (χ3n) is 3.28. The van der Waals surface area contributed by atoms with Gasteiger partial charge in [0.05, 0.1) is 16.8 Å². The molecule has 1 aliphatic rings. The van der Waals surface area contributed by atoms with E-state index in [4.69, 9.17) is 4.74 Å². The van der Waals surface area contributed by atoms with Gasteiger partial charge >= 0.3 is 0 Å².